The lowest BCUT2D eigenvalue weighted by atomic mass is 9.96. The lowest BCUT2D eigenvalue weighted by Gasteiger charge is -2.26. The largest absolute Gasteiger partial charge is 0.383 e. The van der Waals surface area contributed by atoms with E-state index >= 15 is 0 Å². The number of anilines is 1. The Hall–Kier alpha value is -2.13. The topological polar surface area (TPSA) is 126 Å². The van der Waals surface area contributed by atoms with Gasteiger partial charge in [-0.2, -0.15) is 4.72 Å². The number of hydrogen-bond donors (Lipinski definition) is 4. The molecule has 0 aliphatic carbocycles. The van der Waals surface area contributed by atoms with E-state index in [2.05, 4.69) is 27.3 Å². The predicted molar refractivity (Wildman–Crippen MR) is 95.8 cm³/mol. The zero-order valence-corrected chi connectivity index (χ0v) is 14.9. The summed E-state index contributed by atoms with van der Waals surface area (Å²) in [6, 6.07) is 4.34. The molecule has 0 aromatic heterocycles. The van der Waals surface area contributed by atoms with E-state index in [9.17, 15) is 13.2 Å². The molecule has 2 aliphatic heterocycles. The van der Waals surface area contributed by atoms with Gasteiger partial charge in [0, 0.05) is 13.1 Å². The Bertz CT molecular complexity index is 806. The number of nitrogens with one attached hydrogen (secondary N) is 3. The summed E-state index contributed by atoms with van der Waals surface area (Å²) in [6.45, 7) is 3.28. The molecule has 0 saturated heterocycles. The first-order chi connectivity index (χ1) is 11.9. The minimum Gasteiger partial charge on any atom is -0.383 e. The van der Waals surface area contributed by atoms with Crippen molar-refractivity contribution in [1.82, 2.24) is 10.0 Å². The normalized spacial score (nSPS) is 24.2. The van der Waals surface area contributed by atoms with Crippen LogP contribution in [0.4, 0.5) is 5.69 Å². The molecule has 0 bridgehead atoms. The highest BCUT2D eigenvalue weighted by atomic mass is 32.2. The maximum atomic E-state index is 12.9. The van der Waals surface area contributed by atoms with Crippen LogP contribution in [0.25, 0.3) is 0 Å². The van der Waals surface area contributed by atoms with Crippen LogP contribution in [0.3, 0.4) is 0 Å². The number of nitrogens with two attached hydrogens (primary N) is 1. The van der Waals surface area contributed by atoms with Crippen molar-refractivity contribution in [1.29, 1.82) is 0 Å². The van der Waals surface area contributed by atoms with Crippen molar-refractivity contribution in [3.63, 3.8) is 0 Å². The molecule has 0 saturated carbocycles. The molecule has 3 rings (SSSR count). The Morgan fingerprint density at radius 2 is 2.16 bits per heavy atom. The second-order valence-electron chi connectivity index (χ2n) is 6.55. The van der Waals surface area contributed by atoms with Gasteiger partial charge in [0.1, 0.15) is 10.9 Å². The Morgan fingerprint density at radius 3 is 2.96 bits per heavy atom. The van der Waals surface area contributed by atoms with E-state index in [0.29, 0.717) is 31.0 Å². The highest BCUT2D eigenvalue weighted by molar-refractivity contribution is 7.89. The zero-order chi connectivity index (χ0) is 18.0. The minimum atomic E-state index is -3.85. The average Bonchev–Trinajstić information content (AvgIpc) is 2.55. The van der Waals surface area contributed by atoms with Crippen LogP contribution in [-0.2, 0) is 21.2 Å². The fraction of sp³-hybridized carbons (Fsp3) is 0.500. The van der Waals surface area contributed by atoms with E-state index < -0.39 is 22.0 Å². The third kappa shape index (κ3) is 3.93. The second kappa shape index (κ2) is 7.01. The highest BCUT2D eigenvalue weighted by Gasteiger charge is 2.30. The van der Waals surface area contributed by atoms with Gasteiger partial charge >= 0.3 is 0 Å². The number of guanidine groups is 1. The standard InChI is InChI=1S/C16H23N5O3S/c1-10-8-11-4-2-6-13(14(11)19-9-10)25(23,24)21-12-5-3-7-18-16(17)20-15(12)22/h2,4,6,10,12,19,21H,3,5,7-9H2,1H3,(H3,17,18,20,22)/t10-,12+/m1/s1. The van der Waals surface area contributed by atoms with Crippen LogP contribution >= 0.6 is 0 Å². The third-order valence-corrected chi connectivity index (χ3v) is 5.91. The van der Waals surface area contributed by atoms with Crippen molar-refractivity contribution in [3.05, 3.63) is 23.8 Å². The molecule has 0 radical (unpaired) electrons. The van der Waals surface area contributed by atoms with Gasteiger partial charge in [-0.3, -0.25) is 15.1 Å². The van der Waals surface area contributed by atoms with Crippen molar-refractivity contribution in [3.8, 4) is 0 Å². The van der Waals surface area contributed by atoms with Crippen molar-refractivity contribution in [2.45, 2.75) is 37.1 Å². The number of amides is 1. The van der Waals surface area contributed by atoms with Gasteiger partial charge < -0.3 is 11.1 Å². The number of sulfonamides is 1. The van der Waals surface area contributed by atoms with Crippen LogP contribution in [0.2, 0.25) is 0 Å². The lowest BCUT2D eigenvalue weighted by molar-refractivity contribution is -0.121. The number of aliphatic imine (C=N–C) groups is 1. The fourth-order valence-electron chi connectivity index (χ4n) is 3.14. The van der Waals surface area contributed by atoms with Crippen LogP contribution < -0.4 is 21.1 Å². The summed E-state index contributed by atoms with van der Waals surface area (Å²) in [5.74, 6) is -0.0328. The van der Waals surface area contributed by atoms with E-state index in [0.717, 1.165) is 18.5 Å². The van der Waals surface area contributed by atoms with Gasteiger partial charge in [0.15, 0.2) is 5.96 Å². The number of para-hydroxylation sites is 1. The highest BCUT2D eigenvalue weighted by Crippen LogP contribution is 2.31. The molecular formula is C16H23N5O3S. The summed E-state index contributed by atoms with van der Waals surface area (Å²) >= 11 is 0. The summed E-state index contributed by atoms with van der Waals surface area (Å²) in [5, 5.41) is 5.63. The number of nitrogens with zero attached hydrogens (tertiary/aromatic N) is 1. The first-order valence-electron chi connectivity index (χ1n) is 8.35. The van der Waals surface area contributed by atoms with Crippen LogP contribution in [0.5, 0.6) is 0 Å². The Morgan fingerprint density at radius 1 is 1.36 bits per heavy atom. The predicted octanol–water partition coefficient (Wildman–Crippen LogP) is 0.162. The maximum absolute atomic E-state index is 12.9. The van der Waals surface area contributed by atoms with E-state index in [4.69, 9.17) is 5.73 Å². The summed E-state index contributed by atoms with van der Waals surface area (Å²) in [6.07, 6.45) is 1.76. The van der Waals surface area contributed by atoms with E-state index in [1.807, 2.05) is 6.07 Å². The SMILES string of the molecule is C[C@H]1CNc2c(cccc2S(=O)(=O)N[C@H]2CCCN=C(N)NC2=O)C1. The van der Waals surface area contributed by atoms with Gasteiger partial charge in [-0.05, 0) is 36.8 Å². The lowest BCUT2D eigenvalue weighted by Crippen LogP contribution is -2.51. The minimum absolute atomic E-state index is 0.0154. The molecule has 5 N–H and O–H groups in total. The molecule has 136 valence electrons. The number of hydrogen-bond acceptors (Lipinski definition) is 6. The Balaban J connectivity index is 1.86. The van der Waals surface area contributed by atoms with Gasteiger partial charge in [-0.15, -0.1) is 0 Å². The molecule has 9 heteroatoms. The third-order valence-electron chi connectivity index (χ3n) is 4.40. The van der Waals surface area contributed by atoms with Gasteiger partial charge in [0.2, 0.25) is 15.9 Å². The zero-order valence-electron chi connectivity index (χ0n) is 14.1. The van der Waals surface area contributed by atoms with Crippen LogP contribution in [0.1, 0.15) is 25.3 Å². The molecule has 25 heavy (non-hydrogen) atoms. The summed E-state index contributed by atoms with van der Waals surface area (Å²) in [7, 11) is -3.85. The van der Waals surface area contributed by atoms with E-state index in [-0.39, 0.29) is 10.9 Å². The maximum Gasteiger partial charge on any atom is 0.244 e. The van der Waals surface area contributed by atoms with Crippen LogP contribution in [0.15, 0.2) is 28.1 Å². The van der Waals surface area contributed by atoms with Crippen LogP contribution in [-0.4, -0.2) is 39.4 Å². The molecule has 2 atom stereocenters. The van der Waals surface area contributed by atoms with Crippen LogP contribution in [0, 0.1) is 5.92 Å². The number of fused-ring (bicyclic) bond motifs is 1. The van der Waals surface area contributed by atoms with E-state index in [1.54, 1.807) is 12.1 Å². The fourth-order valence-corrected chi connectivity index (χ4v) is 4.59. The van der Waals surface area contributed by atoms with Gasteiger partial charge in [0.25, 0.3) is 0 Å². The summed E-state index contributed by atoms with van der Waals surface area (Å²) < 4.78 is 28.3. The van der Waals surface area contributed by atoms with E-state index in [1.165, 1.54) is 0 Å². The monoisotopic (exact) mass is 365 g/mol. The summed E-state index contributed by atoms with van der Waals surface area (Å²) in [5.41, 5.74) is 7.16. The summed E-state index contributed by atoms with van der Waals surface area (Å²) in [4.78, 5) is 16.3. The first-order valence-corrected chi connectivity index (χ1v) is 9.84. The second-order valence-corrected chi connectivity index (χ2v) is 8.24. The number of carbonyl (C=O) groups excluding carboxylic acids is 1. The molecule has 8 nitrogen and oxygen atoms in total. The average molecular weight is 365 g/mol. The Labute approximate surface area is 147 Å². The van der Waals surface area contributed by atoms with Gasteiger partial charge in [-0.1, -0.05) is 19.1 Å². The molecule has 0 spiro atoms. The quantitative estimate of drug-likeness (QED) is 0.607. The first kappa shape index (κ1) is 17.7. The smallest absolute Gasteiger partial charge is 0.244 e. The number of rotatable bonds is 3. The molecule has 1 aromatic rings. The Kier molecular flexibility index (Phi) is 4.96. The molecule has 1 amide bonds. The molecule has 2 heterocycles. The molecular weight excluding hydrogens is 342 g/mol. The molecule has 0 fully saturated rings. The number of benzene rings is 1. The van der Waals surface area contributed by atoms with Gasteiger partial charge in [-0.25, -0.2) is 8.42 Å². The van der Waals surface area contributed by atoms with Crippen molar-refractivity contribution in [2.75, 3.05) is 18.4 Å². The van der Waals surface area contributed by atoms with Crippen molar-refractivity contribution in [2.24, 2.45) is 16.6 Å². The molecule has 2 aliphatic rings. The molecule has 0 unspecified atom stereocenters. The number of carbonyl (C=O) groups is 1. The van der Waals surface area contributed by atoms with Gasteiger partial charge in [0.05, 0.1) is 5.69 Å². The van der Waals surface area contributed by atoms with Crippen molar-refractivity contribution >= 4 is 27.6 Å². The van der Waals surface area contributed by atoms with Crippen molar-refractivity contribution < 1.29 is 13.2 Å². The molecule has 1 aromatic carbocycles.